The Kier molecular flexibility index (Phi) is 7.96. The number of hydrogen-bond donors (Lipinski definition) is 0. The highest BCUT2D eigenvalue weighted by Gasteiger charge is 2.35. The molecule has 7 nitrogen and oxygen atoms in total. The van der Waals surface area contributed by atoms with E-state index in [4.69, 9.17) is 13.9 Å². The second-order valence-electron chi connectivity index (χ2n) is 9.98. The summed E-state index contributed by atoms with van der Waals surface area (Å²) in [6, 6.07) is 13.3. The van der Waals surface area contributed by atoms with Crippen molar-refractivity contribution in [1.82, 2.24) is 9.80 Å². The largest absolute Gasteiger partial charge is 0.491 e. The van der Waals surface area contributed by atoms with Crippen LogP contribution in [0.15, 0.2) is 58.5 Å². The lowest BCUT2D eigenvalue weighted by Gasteiger charge is -2.37. The Bertz CT molecular complexity index is 1180. The SMILES string of the molecule is CC(C)c1ccc(OC[C@H]2c3ccsc3CCN2C(=O)CN(C[C@H]2CCCO2)C(=O)c2ccco2)cc1. The van der Waals surface area contributed by atoms with Crippen LogP contribution in [0, 0.1) is 0 Å². The van der Waals surface area contributed by atoms with Crippen molar-refractivity contribution in [3.8, 4) is 5.75 Å². The zero-order chi connectivity index (χ0) is 25.8. The maximum atomic E-state index is 13.7. The Hall–Kier alpha value is -3.10. The smallest absolute Gasteiger partial charge is 0.290 e. The van der Waals surface area contributed by atoms with E-state index in [1.807, 2.05) is 17.0 Å². The van der Waals surface area contributed by atoms with Crippen molar-refractivity contribution in [3.63, 3.8) is 0 Å². The average molecular weight is 523 g/mol. The fourth-order valence-electron chi connectivity index (χ4n) is 5.06. The minimum Gasteiger partial charge on any atom is -0.491 e. The van der Waals surface area contributed by atoms with E-state index in [0.29, 0.717) is 32.2 Å². The third-order valence-electron chi connectivity index (χ3n) is 7.16. The maximum Gasteiger partial charge on any atom is 0.290 e. The van der Waals surface area contributed by atoms with Crippen LogP contribution in [0.3, 0.4) is 0 Å². The molecule has 1 aromatic carbocycles. The molecule has 2 aromatic heterocycles. The molecule has 37 heavy (non-hydrogen) atoms. The number of benzene rings is 1. The fourth-order valence-corrected chi connectivity index (χ4v) is 5.99. The van der Waals surface area contributed by atoms with Gasteiger partial charge in [-0.25, -0.2) is 0 Å². The van der Waals surface area contributed by atoms with Crippen molar-refractivity contribution in [1.29, 1.82) is 0 Å². The molecule has 4 heterocycles. The number of nitrogens with zero attached hydrogens (tertiary/aromatic N) is 2. The molecule has 1 saturated heterocycles. The summed E-state index contributed by atoms with van der Waals surface area (Å²) in [5, 5.41) is 2.08. The summed E-state index contributed by atoms with van der Waals surface area (Å²) >= 11 is 1.72. The first-order valence-corrected chi connectivity index (χ1v) is 13.9. The summed E-state index contributed by atoms with van der Waals surface area (Å²) in [5.74, 6) is 1.08. The zero-order valence-electron chi connectivity index (χ0n) is 21.4. The molecule has 0 spiro atoms. The van der Waals surface area contributed by atoms with Gasteiger partial charge in [-0.05, 0) is 72.0 Å². The standard InChI is InChI=1S/C29H34N2O5S/c1-20(2)21-7-9-22(10-8-21)36-19-25-24-12-16-37-27(24)11-13-31(25)28(32)18-30(17-23-5-3-14-34-23)29(33)26-6-4-15-35-26/h4,6-10,12,15-16,20,23,25H,3,5,11,13-14,17-19H2,1-2H3/t23-,25+/m1/s1. The highest BCUT2D eigenvalue weighted by Crippen LogP contribution is 2.34. The summed E-state index contributed by atoms with van der Waals surface area (Å²) in [4.78, 5) is 31.7. The van der Waals surface area contributed by atoms with Crippen LogP contribution in [0.25, 0.3) is 0 Å². The number of ether oxygens (including phenoxy) is 2. The number of rotatable bonds is 9. The van der Waals surface area contributed by atoms with Crippen LogP contribution in [0.4, 0.5) is 0 Å². The topological polar surface area (TPSA) is 72.2 Å². The average Bonchev–Trinajstić information content (AvgIpc) is 3.69. The number of carbonyl (C=O) groups is 2. The maximum absolute atomic E-state index is 13.7. The Morgan fingerprint density at radius 3 is 2.73 bits per heavy atom. The highest BCUT2D eigenvalue weighted by atomic mass is 32.1. The van der Waals surface area contributed by atoms with Gasteiger partial charge in [0.05, 0.1) is 18.4 Å². The Morgan fingerprint density at radius 2 is 2.03 bits per heavy atom. The Balaban J connectivity index is 1.32. The monoisotopic (exact) mass is 522 g/mol. The second kappa shape index (κ2) is 11.5. The van der Waals surface area contributed by atoms with E-state index in [9.17, 15) is 9.59 Å². The molecule has 5 rings (SSSR count). The van der Waals surface area contributed by atoms with Gasteiger partial charge >= 0.3 is 0 Å². The molecule has 2 aliphatic rings. The Morgan fingerprint density at radius 1 is 1.19 bits per heavy atom. The molecule has 1 fully saturated rings. The molecule has 8 heteroatoms. The Labute approximate surface area is 222 Å². The lowest BCUT2D eigenvalue weighted by molar-refractivity contribution is -0.135. The van der Waals surface area contributed by atoms with Crippen molar-refractivity contribution in [2.75, 3.05) is 32.8 Å². The quantitative estimate of drug-likeness (QED) is 0.382. The fraction of sp³-hybridized carbons (Fsp3) is 0.448. The van der Waals surface area contributed by atoms with Gasteiger partial charge in [0.1, 0.15) is 18.9 Å². The normalized spacial score (nSPS) is 19.2. The van der Waals surface area contributed by atoms with Crippen LogP contribution in [-0.4, -0.2) is 60.6 Å². The van der Waals surface area contributed by atoms with Gasteiger partial charge in [0.15, 0.2) is 5.76 Å². The van der Waals surface area contributed by atoms with Gasteiger partial charge < -0.3 is 23.7 Å². The van der Waals surface area contributed by atoms with Crippen LogP contribution in [0.1, 0.15) is 65.2 Å². The number of thiophene rings is 1. The van der Waals surface area contributed by atoms with Gasteiger partial charge in [-0.15, -0.1) is 11.3 Å². The van der Waals surface area contributed by atoms with Crippen molar-refractivity contribution < 1.29 is 23.5 Å². The molecule has 0 saturated carbocycles. The van der Waals surface area contributed by atoms with E-state index < -0.39 is 0 Å². The molecular weight excluding hydrogens is 488 g/mol. The summed E-state index contributed by atoms with van der Waals surface area (Å²) in [6.07, 6.45) is 4.06. The number of hydrogen-bond acceptors (Lipinski definition) is 6. The number of furan rings is 1. The third kappa shape index (κ3) is 5.91. The molecular formula is C29H34N2O5S. The van der Waals surface area contributed by atoms with E-state index in [0.717, 1.165) is 30.6 Å². The lowest BCUT2D eigenvalue weighted by Crippen LogP contribution is -2.49. The van der Waals surface area contributed by atoms with E-state index >= 15 is 0 Å². The molecule has 2 atom stereocenters. The van der Waals surface area contributed by atoms with Crippen LogP contribution < -0.4 is 4.74 Å². The molecule has 2 aliphatic heterocycles. The number of amides is 2. The van der Waals surface area contributed by atoms with Crippen LogP contribution in [0.2, 0.25) is 0 Å². The van der Waals surface area contributed by atoms with E-state index in [-0.39, 0.29) is 36.3 Å². The van der Waals surface area contributed by atoms with Crippen LogP contribution in [-0.2, 0) is 16.0 Å². The first-order valence-electron chi connectivity index (χ1n) is 13.0. The molecule has 3 aromatic rings. The molecule has 196 valence electrons. The zero-order valence-corrected chi connectivity index (χ0v) is 22.2. The highest BCUT2D eigenvalue weighted by molar-refractivity contribution is 7.10. The van der Waals surface area contributed by atoms with Crippen molar-refractivity contribution in [2.45, 2.75) is 51.2 Å². The van der Waals surface area contributed by atoms with Gasteiger partial charge in [-0.3, -0.25) is 9.59 Å². The molecule has 2 amide bonds. The van der Waals surface area contributed by atoms with Gasteiger partial charge in [-0.2, -0.15) is 0 Å². The summed E-state index contributed by atoms with van der Waals surface area (Å²) in [5.41, 5.74) is 2.39. The molecule has 0 bridgehead atoms. The van der Waals surface area contributed by atoms with Crippen molar-refractivity contribution in [3.05, 3.63) is 75.9 Å². The first-order chi connectivity index (χ1) is 18.0. The van der Waals surface area contributed by atoms with Crippen LogP contribution >= 0.6 is 11.3 Å². The van der Waals surface area contributed by atoms with Crippen molar-refractivity contribution in [2.24, 2.45) is 0 Å². The van der Waals surface area contributed by atoms with Gasteiger partial charge in [0.2, 0.25) is 5.91 Å². The lowest BCUT2D eigenvalue weighted by atomic mass is 10.00. The van der Waals surface area contributed by atoms with Gasteiger partial charge in [0, 0.05) is 24.6 Å². The minimum absolute atomic E-state index is 0.0293. The summed E-state index contributed by atoms with van der Waals surface area (Å²) < 4.78 is 17.3. The van der Waals surface area contributed by atoms with E-state index in [1.165, 1.54) is 16.7 Å². The van der Waals surface area contributed by atoms with Gasteiger partial charge in [-0.1, -0.05) is 26.0 Å². The van der Waals surface area contributed by atoms with E-state index in [1.54, 1.807) is 28.4 Å². The predicted molar refractivity (Wildman–Crippen MR) is 142 cm³/mol. The van der Waals surface area contributed by atoms with Gasteiger partial charge in [0.25, 0.3) is 5.91 Å². The second-order valence-corrected chi connectivity index (χ2v) is 11.0. The van der Waals surface area contributed by atoms with Crippen molar-refractivity contribution >= 4 is 23.2 Å². The third-order valence-corrected chi connectivity index (χ3v) is 8.16. The van der Waals surface area contributed by atoms with E-state index in [2.05, 4.69) is 37.4 Å². The molecule has 0 unspecified atom stereocenters. The van der Waals surface area contributed by atoms with Crippen LogP contribution in [0.5, 0.6) is 5.75 Å². The number of fused-ring (bicyclic) bond motifs is 1. The number of carbonyl (C=O) groups excluding carboxylic acids is 2. The predicted octanol–water partition coefficient (Wildman–Crippen LogP) is 5.29. The summed E-state index contributed by atoms with van der Waals surface area (Å²) in [7, 11) is 0. The summed E-state index contributed by atoms with van der Waals surface area (Å²) in [6.45, 7) is 6.30. The molecule has 0 aliphatic carbocycles. The minimum atomic E-state index is -0.292. The molecule has 0 radical (unpaired) electrons. The first kappa shape index (κ1) is 25.5. The molecule has 0 N–H and O–H groups in total.